The molecule has 0 saturated heterocycles. The number of aliphatic hydroxyl groups is 1. The van der Waals surface area contributed by atoms with Crippen molar-refractivity contribution in [2.24, 2.45) is 0 Å². The Hall–Kier alpha value is -3.13. The van der Waals surface area contributed by atoms with Crippen molar-refractivity contribution in [3.05, 3.63) is 59.3 Å². The number of rotatable bonds is 7. The smallest absolute Gasteiger partial charge is 0.254 e. The first-order valence-corrected chi connectivity index (χ1v) is 9.95. The molecule has 158 valence electrons. The van der Waals surface area contributed by atoms with Crippen LogP contribution in [0.15, 0.2) is 36.7 Å². The Balaban J connectivity index is 2.00. The fourth-order valence-corrected chi connectivity index (χ4v) is 3.13. The van der Waals surface area contributed by atoms with Crippen LogP contribution in [0.3, 0.4) is 0 Å². The van der Waals surface area contributed by atoms with Crippen LogP contribution in [0.1, 0.15) is 54.7 Å². The molecule has 2 N–H and O–H groups in total. The lowest BCUT2D eigenvalue weighted by molar-refractivity contribution is 0.0912. The van der Waals surface area contributed by atoms with E-state index in [1.165, 1.54) is 18.3 Å². The maximum atomic E-state index is 13.3. The van der Waals surface area contributed by atoms with Gasteiger partial charge >= 0.3 is 0 Å². The number of aryl methyl sites for hydroxylation is 1. The molecule has 1 amide bonds. The van der Waals surface area contributed by atoms with Crippen molar-refractivity contribution in [3.8, 4) is 17.2 Å². The zero-order chi connectivity index (χ0) is 21.8. The Morgan fingerprint density at radius 3 is 2.57 bits per heavy atom. The number of carbonyl (C=O) groups excluding carboxylic acids is 1. The molecular weight excluding hydrogens is 385 g/mol. The molecule has 0 bridgehead atoms. The fraction of sp³-hybridized carbons (Fsp3) is 0.364. The molecule has 0 spiro atoms. The lowest BCUT2D eigenvalue weighted by Gasteiger charge is -2.14. The molecule has 3 rings (SSSR count). The number of carbonyl (C=O) groups is 1. The van der Waals surface area contributed by atoms with E-state index in [-0.39, 0.29) is 24.2 Å². The third-order valence-electron chi connectivity index (χ3n) is 4.83. The number of benzene rings is 1. The van der Waals surface area contributed by atoms with Gasteiger partial charge in [0.05, 0.1) is 29.3 Å². The predicted molar refractivity (Wildman–Crippen MR) is 112 cm³/mol. The second-order valence-electron chi connectivity index (χ2n) is 7.49. The Morgan fingerprint density at radius 2 is 1.93 bits per heavy atom. The van der Waals surface area contributed by atoms with Crippen molar-refractivity contribution in [2.75, 3.05) is 6.54 Å². The van der Waals surface area contributed by atoms with Crippen LogP contribution in [0.4, 0.5) is 4.39 Å². The summed E-state index contributed by atoms with van der Waals surface area (Å²) in [6.45, 7) is 7.82. The Bertz CT molecular complexity index is 1030. The minimum Gasteiger partial charge on any atom is -0.391 e. The van der Waals surface area contributed by atoms with Gasteiger partial charge in [0.15, 0.2) is 0 Å². The lowest BCUT2D eigenvalue weighted by atomic mass is 10.1. The Labute approximate surface area is 175 Å². The van der Waals surface area contributed by atoms with Crippen LogP contribution in [0.2, 0.25) is 0 Å². The van der Waals surface area contributed by atoms with Crippen LogP contribution in [0.5, 0.6) is 0 Å². The maximum absolute atomic E-state index is 13.3. The predicted octanol–water partition coefficient (Wildman–Crippen LogP) is 3.40. The van der Waals surface area contributed by atoms with Crippen LogP contribution in [0.25, 0.3) is 17.2 Å². The number of hydrogen-bond donors (Lipinski definition) is 2. The molecular formula is C22H26FN5O2. The first kappa shape index (κ1) is 21.6. The molecule has 0 aliphatic heterocycles. The molecule has 2 heterocycles. The van der Waals surface area contributed by atoms with Gasteiger partial charge in [0, 0.05) is 18.3 Å². The molecule has 3 aromatic rings. The van der Waals surface area contributed by atoms with Crippen molar-refractivity contribution in [1.82, 2.24) is 25.1 Å². The normalized spacial score (nSPS) is 12.2. The second-order valence-corrected chi connectivity index (χ2v) is 7.49. The quantitative estimate of drug-likeness (QED) is 0.622. The standard InChI is InChI=1S/C22H26FN5O2/c1-5-17(29)11-24-21(30)18-12-26-28(20(18)13(2)3)22-25-10-14(4)19(27-22)15-6-8-16(23)9-7-15/h6-10,12-13,17,29H,5,11H2,1-4H3,(H,24,30). The van der Waals surface area contributed by atoms with Crippen molar-refractivity contribution < 1.29 is 14.3 Å². The Kier molecular flexibility index (Phi) is 6.56. The first-order chi connectivity index (χ1) is 14.3. The molecule has 0 aliphatic rings. The second kappa shape index (κ2) is 9.13. The average Bonchev–Trinajstić information content (AvgIpc) is 3.18. The summed E-state index contributed by atoms with van der Waals surface area (Å²) in [7, 11) is 0. The summed E-state index contributed by atoms with van der Waals surface area (Å²) in [6.07, 6.45) is 3.14. The number of hydrogen-bond acceptors (Lipinski definition) is 5. The summed E-state index contributed by atoms with van der Waals surface area (Å²) in [5, 5.41) is 16.8. The molecule has 30 heavy (non-hydrogen) atoms. The molecule has 0 saturated carbocycles. The Morgan fingerprint density at radius 1 is 1.23 bits per heavy atom. The van der Waals surface area contributed by atoms with E-state index in [1.54, 1.807) is 23.0 Å². The molecule has 8 heteroatoms. The summed E-state index contributed by atoms with van der Waals surface area (Å²) >= 11 is 0. The molecule has 0 aliphatic carbocycles. The van der Waals surface area contributed by atoms with E-state index in [1.807, 2.05) is 27.7 Å². The number of aliphatic hydroxyl groups excluding tert-OH is 1. The van der Waals surface area contributed by atoms with E-state index >= 15 is 0 Å². The molecule has 1 unspecified atom stereocenters. The summed E-state index contributed by atoms with van der Waals surface area (Å²) < 4.78 is 14.9. The number of amides is 1. The highest BCUT2D eigenvalue weighted by atomic mass is 19.1. The highest BCUT2D eigenvalue weighted by Gasteiger charge is 2.23. The third-order valence-corrected chi connectivity index (χ3v) is 4.83. The number of nitrogens with one attached hydrogen (secondary N) is 1. The monoisotopic (exact) mass is 411 g/mol. The molecule has 0 radical (unpaired) electrons. The lowest BCUT2D eigenvalue weighted by Crippen LogP contribution is -2.32. The van der Waals surface area contributed by atoms with E-state index in [9.17, 15) is 14.3 Å². The third kappa shape index (κ3) is 4.54. The van der Waals surface area contributed by atoms with E-state index in [4.69, 9.17) is 0 Å². The van der Waals surface area contributed by atoms with Crippen molar-refractivity contribution in [1.29, 1.82) is 0 Å². The van der Waals surface area contributed by atoms with Gasteiger partial charge in [-0.1, -0.05) is 20.8 Å². The van der Waals surface area contributed by atoms with Crippen molar-refractivity contribution >= 4 is 5.91 Å². The summed E-state index contributed by atoms with van der Waals surface area (Å²) in [5.41, 5.74) is 3.37. The van der Waals surface area contributed by atoms with Gasteiger partial charge in [0.2, 0.25) is 0 Å². The van der Waals surface area contributed by atoms with E-state index in [0.29, 0.717) is 29.3 Å². The van der Waals surface area contributed by atoms with Gasteiger partial charge in [-0.05, 0) is 49.1 Å². The molecule has 0 fully saturated rings. The van der Waals surface area contributed by atoms with Crippen molar-refractivity contribution in [2.45, 2.75) is 46.1 Å². The summed E-state index contributed by atoms with van der Waals surface area (Å²) in [4.78, 5) is 21.7. The van der Waals surface area contributed by atoms with E-state index in [2.05, 4.69) is 20.4 Å². The van der Waals surface area contributed by atoms with Gasteiger partial charge in [-0.25, -0.2) is 19.0 Å². The number of halogens is 1. The average molecular weight is 411 g/mol. The SMILES string of the molecule is CCC(O)CNC(=O)c1cnn(-c2ncc(C)c(-c3ccc(F)cc3)n2)c1C(C)C. The molecule has 1 aromatic carbocycles. The van der Waals surface area contributed by atoms with Gasteiger partial charge in [-0.3, -0.25) is 4.79 Å². The van der Waals surface area contributed by atoms with Crippen LogP contribution < -0.4 is 5.32 Å². The highest BCUT2D eigenvalue weighted by Crippen LogP contribution is 2.25. The largest absolute Gasteiger partial charge is 0.391 e. The van der Waals surface area contributed by atoms with Crippen LogP contribution >= 0.6 is 0 Å². The van der Waals surface area contributed by atoms with Crippen LogP contribution in [0, 0.1) is 12.7 Å². The molecule has 1 atom stereocenters. The van der Waals surface area contributed by atoms with E-state index < -0.39 is 6.10 Å². The van der Waals surface area contributed by atoms with E-state index in [0.717, 1.165) is 11.1 Å². The minimum absolute atomic E-state index is 0.0245. The fourth-order valence-electron chi connectivity index (χ4n) is 3.13. The van der Waals surface area contributed by atoms with Crippen LogP contribution in [-0.4, -0.2) is 43.4 Å². The van der Waals surface area contributed by atoms with Crippen LogP contribution in [-0.2, 0) is 0 Å². The topological polar surface area (TPSA) is 92.9 Å². The highest BCUT2D eigenvalue weighted by molar-refractivity contribution is 5.95. The van der Waals surface area contributed by atoms with Crippen molar-refractivity contribution in [3.63, 3.8) is 0 Å². The molecule has 2 aromatic heterocycles. The zero-order valence-electron chi connectivity index (χ0n) is 17.6. The van der Waals surface area contributed by atoms with Gasteiger partial charge in [0.25, 0.3) is 11.9 Å². The number of aromatic nitrogens is 4. The van der Waals surface area contributed by atoms with Gasteiger partial charge in [-0.2, -0.15) is 5.10 Å². The summed E-state index contributed by atoms with van der Waals surface area (Å²) in [5.74, 6) is -0.313. The summed E-state index contributed by atoms with van der Waals surface area (Å²) in [6, 6.07) is 6.10. The van der Waals surface area contributed by atoms with Gasteiger partial charge < -0.3 is 10.4 Å². The molecule has 7 nitrogen and oxygen atoms in total. The number of nitrogens with zero attached hydrogens (tertiary/aromatic N) is 4. The maximum Gasteiger partial charge on any atom is 0.254 e. The first-order valence-electron chi connectivity index (χ1n) is 9.95. The van der Waals surface area contributed by atoms with Gasteiger partial charge in [0.1, 0.15) is 5.82 Å². The van der Waals surface area contributed by atoms with Gasteiger partial charge in [-0.15, -0.1) is 0 Å². The zero-order valence-corrected chi connectivity index (χ0v) is 17.6. The minimum atomic E-state index is -0.592.